The maximum absolute atomic E-state index is 14.7. The molecule has 1 amide bonds. The molecule has 0 radical (unpaired) electrons. The number of pyridine rings is 1. The van der Waals surface area contributed by atoms with Crippen LogP contribution in [0.2, 0.25) is 5.15 Å². The average Bonchev–Trinajstić information content (AvgIpc) is 3.17. The lowest BCUT2D eigenvalue weighted by Crippen LogP contribution is -2.55. The number of amides is 1. The summed E-state index contributed by atoms with van der Waals surface area (Å²) in [6.45, 7) is 6.64. The molecule has 1 saturated heterocycles. The Labute approximate surface area is 198 Å². The van der Waals surface area contributed by atoms with Crippen LogP contribution >= 0.6 is 11.6 Å². The van der Waals surface area contributed by atoms with E-state index in [1.54, 1.807) is 4.90 Å². The van der Waals surface area contributed by atoms with Gasteiger partial charge in [-0.15, -0.1) is 0 Å². The normalized spacial score (nSPS) is 22.9. The van der Waals surface area contributed by atoms with Crippen molar-refractivity contribution in [1.29, 1.82) is 0 Å². The van der Waals surface area contributed by atoms with E-state index in [0.29, 0.717) is 24.4 Å². The molecule has 1 saturated carbocycles. The smallest absolute Gasteiger partial charge is 0.410 e. The van der Waals surface area contributed by atoms with E-state index in [0.717, 1.165) is 32.1 Å². The van der Waals surface area contributed by atoms with E-state index in [1.165, 1.54) is 6.20 Å². The Morgan fingerprint density at radius 3 is 2.73 bits per heavy atom. The average molecular weight is 480 g/mol. The summed E-state index contributed by atoms with van der Waals surface area (Å²) in [6.07, 6.45) is 5.84. The molecule has 2 fully saturated rings. The van der Waals surface area contributed by atoms with E-state index in [4.69, 9.17) is 21.1 Å². The molecule has 0 bridgehead atoms. The molecular formula is C23H31ClFN5O3. The minimum absolute atomic E-state index is 0.0326. The molecule has 4 rings (SSSR count). The molecular weight excluding hydrogens is 449 g/mol. The van der Waals surface area contributed by atoms with Crippen molar-refractivity contribution in [2.24, 2.45) is 5.41 Å². The SMILES string of the molecule is CN(C)c1nc(OC[C@]23CCC[C@H]2N(C(=O)OC(C)(C)C)CCC3)nc2c(F)c(Cl)ncc12. The summed E-state index contributed by atoms with van der Waals surface area (Å²) in [5, 5.41) is 0.214. The fourth-order valence-corrected chi connectivity index (χ4v) is 5.19. The zero-order valence-electron chi connectivity index (χ0n) is 19.8. The van der Waals surface area contributed by atoms with Crippen LogP contribution in [0.1, 0.15) is 52.9 Å². The molecule has 0 spiro atoms. The van der Waals surface area contributed by atoms with Gasteiger partial charge in [-0.1, -0.05) is 18.0 Å². The van der Waals surface area contributed by atoms with Crippen LogP contribution in [0.3, 0.4) is 0 Å². The van der Waals surface area contributed by atoms with E-state index in [9.17, 15) is 9.18 Å². The topological polar surface area (TPSA) is 80.7 Å². The zero-order chi connectivity index (χ0) is 24.0. The van der Waals surface area contributed by atoms with Crippen molar-refractivity contribution in [3.8, 4) is 6.01 Å². The van der Waals surface area contributed by atoms with Crippen LogP contribution in [0.25, 0.3) is 10.9 Å². The van der Waals surface area contributed by atoms with Crippen LogP contribution in [0.15, 0.2) is 6.20 Å². The van der Waals surface area contributed by atoms with Crippen molar-refractivity contribution in [3.05, 3.63) is 17.2 Å². The van der Waals surface area contributed by atoms with Gasteiger partial charge in [-0.2, -0.15) is 9.97 Å². The van der Waals surface area contributed by atoms with Gasteiger partial charge >= 0.3 is 12.1 Å². The maximum atomic E-state index is 14.7. The number of halogens is 2. The van der Waals surface area contributed by atoms with Crippen molar-refractivity contribution in [3.63, 3.8) is 0 Å². The van der Waals surface area contributed by atoms with Gasteiger partial charge in [-0.3, -0.25) is 0 Å². The first kappa shape index (κ1) is 23.7. The second-order valence-electron chi connectivity index (χ2n) is 10.2. The molecule has 2 atom stereocenters. The number of hydrogen-bond acceptors (Lipinski definition) is 7. The summed E-state index contributed by atoms with van der Waals surface area (Å²) in [7, 11) is 3.62. The largest absolute Gasteiger partial charge is 0.463 e. The summed E-state index contributed by atoms with van der Waals surface area (Å²) >= 11 is 5.88. The Morgan fingerprint density at radius 1 is 1.30 bits per heavy atom. The highest BCUT2D eigenvalue weighted by molar-refractivity contribution is 6.30. The third-order valence-electron chi connectivity index (χ3n) is 6.45. The van der Waals surface area contributed by atoms with Crippen molar-refractivity contribution in [1.82, 2.24) is 19.9 Å². The highest BCUT2D eigenvalue weighted by Crippen LogP contribution is 2.48. The number of likely N-dealkylation sites (tertiary alicyclic amines) is 1. The van der Waals surface area contributed by atoms with Crippen LogP contribution in [0.4, 0.5) is 15.0 Å². The molecule has 2 aliphatic rings. The van der Waals surface area contributed by atoms with Crippen LogP contribution in [-0.2, 0) is 4.74 Å². The first-order valence-electron chi connectivity index (χ1n) is 11.3. The van der Waals surface area contributed by atoms with Gasteiger partial charge in [-0.25, -0.2) is 14.2 Å². The van der Waals surface area contributed by atoms with E-state index in [2.05, 4.69) is 15.0 Å². The number of ether oxygens (including phenoxy) is 2. The molecule has 33 heavy (non-hydrogen) atoms. The van der Waals surface area contributed by atoms with Crippen LogP contribution in [0.5, 0.6) is 6.01 Å². The number of rotatable bonds is 4. The fraction of sp³-hybridized carbons (Fsp3) is 0.652. The van der Waals surface area contributed by atoms with E-state index >= 15 is 0 Å². The lowest BCUT2D eigenvalue weighted by Gasteiger charge is -2.46. The highest BCUT2D eigenvalue weighted by Gasteiger charge is 2.50. The maximum Gasteiger partial charge on any atom is 0.410 e. The molecule has 0 aromatic carbocycles. The second kappa shape index (κ2) is 8.74. The highest BCUT2D eigenvalue weighted by atomic mass is 35.5. The molecule has 8 nitrogen and oxygen atoms in total. The predicted molar refractivity (Wildman–Crippen MR) is 124 cm³/mol. The molecule has 10 heteroatoms. The second-order valence-corrected chi connectivity index (χ2v) is 10.5. The number of hydrogen-bond donors (Lipinski definition) is 0. The van der Waals surface area contributed by atoms with Gasteiger partial charge in [0, 0.05) is 38.3 Å². The summed E-state index contributed by atoms with van der Waals surface area (Å²) in [6, 6.07) is 0.118. The summed E-state index contributed by atoms with van der Waals surface area (Å²) < 4.78 is 26.5. The van der Waals surface area contributed by atoms with Crippen LogP contribution in [0, 0.1) is 11.2 Å². The molecule has 1 aliphatic carbocycles. The van der Waals surface area contributed by atoms with Gasteiger partial charge in [0.05, 0.1) is 12.0 Å². The van der Waals surface area contributed by atoms with Crippen LogP contribution < -0.4 is 9.64 Å². The number of aromatic nitrogens is 3. The van der Waals surface area contributed by atoms with Crippen molar-refractivity contribution < 1.29 is 18.7 Å². The molecule has 180 valence electrons. The lowest BCUT2D eigenvalue weighted by atomic mass is 9.75. The third-order valence-corrected chi connectivity index (χ3v) is 6.71. The van der Waals surface area contributed by atoms with Gasteiger partial charge in [0.2, 0.25) is 0 Å². The lowest BCUT2D eigenvalue weighted by molar-refractivity contribution is -0.0282. The molecule has 0 unspecified atom stereocenters. The Bertz CT molecular complexity index is 1060. The van der Waals surface area contributed by atoms with Crippen molar-refractivity contribution in [2.45, 2.75) is 64.5 Å². The number of piperidine rings is 1. The number of carbonyl (C=O) groups is 1. The van der Waals surface area contributed by atoms with Gasteiger partial charge in [0.1, 0.15) is 16.9 Å². The molecule has 2 aromatic rings. The Morgan fingerprint density at radius 2 is 2.03 bits per heavy atom. The molecule has 0 N–H and O–H groups in total. The van der Waals surface area contributed by atoms with Gasteiger partial charge in [-0.05, 0) is 46.5 Å². The van der Waals surface area contributed by atoms with Gasteiger partial charge < -0.3 is 19.3 Å². The van der Waals surface area contributed by atoms with Crippen molar-refractivity contribution >= 4 is 34.4 Å². The summed E-state index contributed by atoms with van der Waals surface area (Å²) in [4.78, 5) is 29.2. The van der Waals surface area contributed by atoms with Gasteiger partial charge in [0.25, 0.3) is 0 Å². The standard InChI is InChI=1S/C23H31ClFN5O3/c1-22(2,3)33-21(31)30-11-7-10-23(9-6-8-15(23)30)13-32-20-27-17-14(19(28-20)29(4)5)12-26-18(24)16(17)25/h12,15H,6-11,13H2,1-5H3/t15-,23-/m1/s1. The van der Waals surface area contributed by atoms with Crippen LogP contribution in [-0.4, -0.2) is 64.8 Å². The quantitative estimate of drug-likeness (QED) is 0.581. The first-order chi connectivity index (χ1) is 15.5. The van der Waals surface area contributed by atoms with E-state index in [-0.39, 0.29) is 34.2 Å². The monoisotopic (exact) mass is 479 g/mol. The molecule has 3 heterocycles. The molecule has 2 aromatic heterocycles. The number of carbonyl (C=O) groups excluding carboxylic acids is 1. The van der Waals surface area contributed by atoms with E-state index in [1.807, 2.05) is 39.8 Å². The Kier molecular flexibility index (Phi) is 6.28. The Balaban J connectivity index is 1.60. The number of fused-ring (bicyclic) bond motifs is 2. The molecule has 1 aliphatic heterocycles. The summed E-state index contributed by atoms with van der Waals surface area (Å²) in [5.74, 6) is -0.201. The van der Waals surface area contributed by atoms with E-state index < -0.39 is 11.4 Å². The zero-order valence-corrected chi connectivity index (χ0v) is 20.6. The van der Waals surface area contributed by atoms with Gasteiger partial charge in [0.15, 0.2) is 11.0 Å². The third kappa shape index (κ3) is 4.65. The minimum Gasteiger partial charge on any atom is -0.463 e. The first-order valence-corrected chi connectivity index (χ1v) is 11.7. The summed E-state index contributed by atoms with van der Waals surface area (Å²) in [5.41, 5.74) is -0.683. The van der Waals surface area contributed by atoms with Crippen molar-refractivity contribution in [2.75, 3.05) is 32.1 Å². The minimum atomic E-state index is -0.699. The number of anilines is 1. The fourth-order valence-electron chi connectivity index (χ4n) is 5.05. The predicted octanol–water partition coefficient (Wildman–Crippen LogP) is 4.83. The Hall–Kier alpha value is -2.42. The number of nitrogens with zero attached hydrogens (tertiary/aromatic N) is 5.